The highest BCUT2D eigenvalue weighted by molar-refractivity contribution is 8.01. The highest BCUT2D eigenvalue weighted by Gasteiger charge is 2.54. The van der Waals surface area contributed by atoms with Crippen molar-refractivity contribution in [3.8, 4) is 0 Å². The van der Waals surface area contributed by atoms with Crippen molar-refractivity contribution in [3.63, 3.8) is 0 Å². The molecule has 0 aromatic heterocycles. The van der Waals surface area contributed by atoms with Crippen molar-refractivity contribution in [2.24, 2.45) is 16.8 Å². The third-order valence-electron chi connectivity index (χ3n) is 5.11. The molecule has 1 spiro atoms. The van der Waals surface area contributed by atoms with Gasteiger partial charge in [0.2, 0.25) is 5.91 Å². The molecule has 4 rings (SSSR count). The fraction of sp³-hybridized carbons (Fsp3) is 0.625. The number of thioether (sulfide) groups is 1. The van der Waals surface area contributed by atoms with Crippen LogP contribution in [-0.4, -0.2) is 40.2 Å². The van der Waals surface area contributed by atoms with E-state index in [-0.39, 0.29) is 16.6 Å². The van der Waals surface area contributed by atoms with Crippen LogP contribution in [0, 0.1) is 11.8 Å². The van der Waals surface area contributed by atoms with Crippen molar-refractivity contribution in [3.05, 3.63) is 24.4 Å². The minimum absolute atomic E-state index is 0.0521. The average Bonchev–Trinajstić information content (AvgIpc) is 3.13. The zero-order valence-corrected chi connectivity index (χ0v) is 12.9. The summed E-state index contributed by atoms with van der Waals surface area (Å²) in [6.07, 6.45) is 12.9. The predicted molar refractivity (Wildman–Crippen MR) is 86.1 cm³/mol. The van der Waals surface area contributed by atoms with Gasteiger partial charge in [0.15, 0.2) is 0 Å². The van der Waals surface area contributed by atoms with Crippen molar-refractivity contribution in [1.82, 2.24) is 10.4 Å². The summed E-state index contributed by atoms with van der Waals surface area (Å²) in [7, 11) is 0. The van der Waals surface area contributed by atoms with Crippen LogP contribution in [0.15, 0.2) is 29.4 Å². The molecular formula is C16H21N3OS. The molecule has 4 nitrogen and oxygen atoms in total. The summed E-state index contributed by atoms with van der Waals surface area (Å²) in [4.78, 5) is 17.3. The number of aliphatic imine (C=N–C) groups is 1. The lowest BCUT2D eigenvalue weighted by atomic mass is 9.73. The molecule has 5 heteroatoms. The Kier molecular flexibility index (Phi) is 3.42. The highest BCUT2D eigenvalue weighted by Crippen LogP contribution is 2.53. The number of carbonyl (C=O) groups excluding carboxylic acids is 1. The van der Waals surface area contributed by atoms with Crippen LogP contribution < -0.4 is 5.43 Å². The van der Waals surface area contributed by atoms with Crippen LogP contribution >= 0.6 is 11.8 Å². The van der Waals surface area contributed by atoms with Gasteiger partial charge in [-0.3, -0.25) is 15.2 Å². The maximum absolute atomic E-state index is 12.7. The van der Waals surface area contributed by atoms with Crippen molar-refractivity contribution in [1.29, 1.82) is 0 Å². The van der Waals surface area contributed by atoms with Gasteiger partial charge in [-0.1, -0.05) is 18.2 Å². The molecule has 1 N–H and O–H groups in total. The van der Waals surface area contributed by atoms with E-state index in [4.69, 9.17) is 0 Å². The third-order valence-corrected chi connectivity index (χ3v) is 6.83. The summed E-state index contributed by atoms with van der Waals surface area (Å²) < 4.78 is 0.0521. The monoisotopic (exact) mass is 303 g/mol. The van der Waals surface area contributed by atoms with Gasteiger partial charge in [-0.15, -0.1) is 11.8 Å². The van der Waals surface area contributed by atoms with Gasteiger partial charge in [-0.25, -0.2) is 5.01 Å². The standard InChI is InChI=1S/C16H21N3OS/c20-15(18-19-9-3-4-10-19)12-11-21-16-7-2-1-5-14(16)17-8-6-13(12)16/h1-2,6,8,12-13H,3-5,7,9-11H2,(H,18,20). The van der Waals surface area contributed by atoms with E-state index in [1.807, 2.05) is 18.0 Å². The van der Waals surface area contributed by atoms with E-state index in [9.17, 15) is 4.79 Å². The first-order valence-corrected chi connectivity index (χ1v) is 8.86. The van der Waals surface area contributed by atoms with Gasteiger partial charge >= 0.3 is 0 Å². The summed E-state index contributed by atoms with van der Waals surface area (Å²) in [5, 5.41) is 2.08. The first-order chi connectivity index (χ1) is 10.3. The maximum Gasteiger partial charge on any atom is 0.238 e. The Hall–Kier alpha value is -1.07. The Morgan fingerprint density at radius 1 is 1.38 bits per heavy atom. The van der Waals surface area contributed by atoms with E-state index in [0.29, 0.717) is 5.92 Å². The van der Waals surface area contributed by atoms with Gasteiger partial charge in [-0.05, 0) is 19.3 Å². The van der Waals surface area contributed by atoms with Crippen LogP contribution in [0.3, 0.4) is 0 Å². The van der Waals surface area contributed by atoms with E-state index in [2.05, 4.69) is 33.7 Å². The fourth-order valence-corrected chi connectivity index (χ4v) is 5.75. The second-order valence-electron chi connectivity index (χ2n) is 6.30. The molecule has 21 heavy (non-hydrogen) atoms. The summed E-state index contributed by atoms with van der Waals surface area (Å²) in [5.41, 5.74) is 4.40. The molecule has 1 amide bonds. The molecule has 0 radical (unpaired) electrons. The van der Waals surface area contributed by atoms with E-state index >= 15 is 0 Å². The Labute approximate surface area is 129 Å². The average molecular weight is 303 g/mol. The number of amides is 1. The molecule has 2 fully saturated rings. The van der Waals surface area contributed by atoms with Crippen molar-refractivity contribution < 1.29 is 4.79 Å². The molecule has 4 aliphatic rings. The first kappa shape index (κ1) is 13.6. The van der Waals surface area contributed by atoms with Gasteiger partial charge in [-0.2, -0.15) is 0 Å². The number of nitrogens with zero attached hydrogens (tertiary/aromatic N) is 2. The number of hydrazine groups is 1. The number of rotatable bonds is 2. The van der Waals surface area contributed by atoms with Crippen LogP contribution in [0.5, 0.6) is 0 Å². The molecule has 3 unspecified atom stereocenters. The minimum Gasteiger partial charge on any atom is -0.289 e. The van der Waals surface area contributed by atoms with Crippen LogP contribution in [0.4, 0.5) is 0 Å². The van der Waals surface area contributed by atoms with E-state index in [1.54, 1.807) is 0 Å². The summed E-state index contributed by atoms with van der Waals surface area (Å²) in [5.74, 6) is 1.47. The van der Waals surface area contributed by atoms with Crippen LogP contribution in [0.2, 0.25) is 0 Å². The topological polar surface area (TPSA) is 44.7 Å². The quantitative estimate of drug-likeness (QED) is 0.795. The smallest absolute Gasteiger partial charge is 0.238 e. The van der Waals surface area contributed by atoms with E-state index in [0.717, 1.165) is 31.7 Å². The van der Waals surface area contributed by atoms with Crippen LogP contribution in [0.25, 0.3) is 0 Å². The molecule has 2 saturated heterocycles. The zero-order valence-electron chi connectivity index (χ0n) is 12.1. The largest absolute Gasteiger partial charge is 0.289 e. The lowest BCUT2D eigenvalue weighted by Crippen LogP contribution is -2.49. The Morgan fingerprint density at radius 3 is 3.10 bits per heavy atom. The zero-order chi connectivity index (χ0) is 14.3. The summed E-state index contributed by atoms with van der Waals surface area (Å²) >= 11 is 1.94. The number of hydrogen-bond donors (Lipinski definition) is 1. The Morgan fingerprint density at radius 2 is 2.24 bits per heavy atom. The molecular weight excluding hydrogens is 282 g/mol. The normalized spacial score (nSPS) is 38.0. The molecule has 0 aromatic rings. The van der Waals surface area contributed by atoms with Crippen LogP contribution in [0.1, 0.15) is 25.7 Å². The van der Waals surface area contributed by atoms with Gasteiger partial charge < -0.3 is 0 Å². The summed E-state index contributed by atoms with van der Waals surface area (Å²) in [6, 6.07) is 0. The molecule has 3 aliphatic heterocycles. The maximum atomic E-state index is 12.7. The van der Waals surface area contributed by atoms with Crippen LogP contribution in [-0.2, 0) is 4.79 Å². The van der Waals surface area contributed by atoms with E-state index < -0.39 is 0 Å². The number of carbonyl (C=O) groups is 1. The lowest BCUT2D eigenvalue weighted by molar-refractivity contribution is -0.129. The second-order valence-corrected chi connectivity index (χ2v) is 7.65. The summed E-state index contributed by atoms with van der Waals surface area (Å²) in [6.45, 7) is 1.99. The molecule has 112 valence electrons. The van der Waals surface area contributed by atoms with Gasteiger partial charge in [0.25, 0.3) is 0 Å². The highest BCUT2D eigenvalue weighted by atomic mass is 32.2. The van der Waals surface area contributed by atoms with Gasteiger partial charge in [0.1, 0.15) is 0 Å². The first-order valence-electron chi connectivity index (χ1n) is 7.88. The van der Waals surface area contributed by atoms with E-state index in [1.165, 1.54) is 18.6 Å². The van der Waals surface area contributed by atoms with Crippen molar-refractivity contribution in [2.45, 2.75) is 30.4 Å². The molecule has 0 aromatic carbocycles. The molecule has 3 atom stereocenters. The fourth-order valence-electron chi connectivity index (χ4n) is 3.96. The van der Waals surface area contributed by atoms with Crippen molar-refractivity contribution in [2.75, 3.05) is 18.8 Å². The van der Waals surface area contributed by atoms with Gasteiger partial charge in [0.05, 0.1) is 10.7 Å². The SMILES string of the molecule is O=C(NN1CCCC1)C1CSC23CC=CCC2=NC=CC13. The number of nitrogens with one attached hydrogen (secondary N) is 1. The Balaban J connectivity index is 1.53. The minimum atomic E-state index is 0.0521. The van der Waals surface area contributed by atoms with Crippen molar-refractivity contribution >= 4 is 23.4 Å². The molecule has 3 heterocycles. The molecule has 1 aliphatic carbocycles. The Bertz CT molecular complexity index is 536. The molecule has 0 saturated carbocycles. The number of allylic oxidation sites excluding steroid dienone is 3. The third kappa shape index (κ3) is 2.18. The second kappa shape index (κ2) is 5.29. The van der Waals surface area contributed by atoms with Gasteiger partial charge in [0, 0.05) is 43.1 Å². The predicted octanol–water partition coefficient (Wildman–Crippen LogP) is 2.15. The lowest BCUT2D eigenvalue weighted by Gasteiger charge is -2.38. The molecule has 0 bridgehead atoms. The number of hydrogen-bond acceptors (Lipinski definition) is 4.